The first kappa shape index (κ1) is 19.8. The molecule has 29 heavy (non-hydrogen) atoms. The normalized spacial score (nSPS) is 14.5. The molecule has 1 saturated heterocycles. The van der Waals surface area contributed by atoms with Crippen molar-refractivity contribution in [3.05, 3.63) is 40.7 Å². The average molecular weight is 417 g/mol. The molecule has 6 nitrogen and oxygen atoms in total. The molecule has 1 amide bonds. The van der Waals surface area contributed by atoms with Gasteiger partial charge in [-0.1, -0.05) is 11.3 Å². The van der Waals surface area contributed by atoms with Gasteiger partial charge < -0.3 is 15.0 Å². The zero-order valence-electron chi connectivity index (χ0n) is 16.7. The molecule has 2 aromatic heterocycles. The lowest BCUT2D eigenvalue weighted by Crippen LogP contribution is -2.35. The molecule has 0 spiro atoms. The molecular formula is C21H25FN4O2S. The molecule has 154 valence electrons. The van der Waals surface area contributed by atoms with Gasteiger partial charge >= 0.3 is 0 Å². The number of hydrogen-bond acceptors (Lipinski definition) is 5. The first-order valence-electron chi connectivity index (χ1n) is 9.90. The number of rotatable bonds is 6. The van der Waals surface area contributed by atoms with Gasteiger partial charge in [-0.15, -0.1) is 0 Å². The van der Waals surface area contributed by atoms with Crippen molar-refractivity contribution < 1.29 is 13.9 Å². The number of piperidine rings is 1. The largest absolute Gasteiger partial charge is 0.383 e. The topological polar surface area (TPSA) is 58.9 Å². The quantitative estimate of drug-likeness (QED) is 0.612. The number of imidazole rings is 1. The van der Waals surface area contributed by atoms with Crippen molar-refractivity contribution in [3.63, 3.8) is 0 Å². The Balaban J connectivity index is 1.76. The maximum atomic E-state index is 13.4. The summed E-state index contributed by atoms with van der Waals surface area (Å²) in [6, 6.07) is 6.30. The zero-order chi connectivity index (χ0) is 20.4. The van der Waals surface area contributed by atoms with Gasteiger partial charge in [-0.3, -0.25) is 9.20 Å². The Kier molecular flexibility index (Phi) is 5.82. The second-order valence-electron chi connectivity index (χ2n) is 7.22. The maximum absolute atomic E-state index is 13.4. The van der Waals surface area contributed by atoms with E-state index in [9.17, 15) is 9.18 Å². The summed E-state index contributed by atoms with van der Waals surface area (Å²) in [6.45, 7) is 4.73. The number of nitrogens with one attached hydrogen (secondary N) is 1. The third-order valence-electron chi connectivity index (χ3n) is 5.26. The van der Waals surface area contributed by atoms with E-state index in [1.807, 2.05) is 16.2 Å². The number of amides is 1. The molecule has 1 fully saturated rings. The Morgan fingerprint density at radius 1 is 1.24 bits per heavy atom. The average Bonchev–Trinajstić information content (AvgIpc) is 3.26. The molecule has 3 aromatic rings. The molecule has 3 heterocycles. The molecule has 8 heteroatoms. The summed E-state index contributed by atoms with van der Waals surface area (Å²) >= 11 is 1.41. The van der Waals surface area contributed by atoms with E-state index in [2.05, 4.69) is 5.32 Å². The van der Waals surface area contributed by atoms with Gasteiger partial charge in [0.25, 0.3) is 5.91 Å². The SMILES string of the molecule is COCCNc1c(-c2ccc(F)cc2)nc2sc(C(=O)N3CCCCC3)c(C)n12. The number of aryl methyl sites for hydroxylation is 1. The molecule has 0 bridgehead atoms. The molecule has 0 radical (unpaired) electrons. The van der Waals surface area contributed by atoms with Crippen molar-refractivity contribution in [2.24, 2.45) is 0 Å². The van der Waals surface area contributed by atoms with Crippen LogP contribution < -0.4 is 5.32 Å². The van der Waals surface area contributed by atoms with Crippen molar-refractivity contribution in [2.75, 3.05) is 38.7 Å². The number of anilines is 1. The van der Waals surface area contributed by atoms with E-state index in [4.69, 9.17) is 9.72 Å². The smallest absolute Gasteiger partial charge is 0.265 e. The van der Waals surface area contributed by atoms with Gasteiger partial charge in [0, 0.05) is 38.0 Å². The fourth-order valence-corrected chi connectivity index (χ4v) is 4.82. The second kappa shape index (κ2) is 8.51. The number of nitrogens with zero attached hydrogens (tertiary/aromatic N) is 3. The lowest BCUT2D eigenvalue weighted by Gasteiger charge is -2.26. The number of hydrogen-bond donors (Lipinski definition) is 1. The Morgan fingerprint density at radius 3 is 2.66 bits per heavy atom. The molecule has 0 unspecified atom stereocenters. The van der Waals surface area contributed by atoms with Crippen LogP contribution in [-0.2, 0) is 4.74 Å². The van der Waals surface area contributed by atoms with Crippen LogP contribution in [0.2, 0.25) is 0 Å². The lowest BCUT2D eigenvalue weighted by atomic mass is 10.1. The molecule has 1 aliphatic rings. The Labute approximate surface area is 173 Å². The van der Waals surface area contributed by atoms with Crippen molar-refractivity contribution >= 4 is 28.0 Å². The minimum atomic E-state index is -0.283. The number of ether oxygens (including phenoxy) is 1. The monoisotopic (exact) mass is 416 g/mol. The minimum Gasteiger partial charge on any atom is -0.383 e. The molecule has 4 rings (SSSR count). The lowest BCUT2D eigenvalue weighted by molar-refractivity contribution is 0.0728. The van der Waals surface area contributed by atoms with Gasteiger partial charge in [0.05, 0.1) is 6.61 Å². The highest BCUT2D eigenvalue weighted by Gasteiger charge is 2.26. The maximum Gasteiger partial charge on any atom is 0.265 e. The van der Waals surface area contributed by atoms with E-state index in [1.165, 1.54) is 29.9 Å². The number of methoxy groups -OCH3 is 1. The summed E-state index contributed by atoms with van der Waals surface area (Å²) < 4.78 is 20.5. The summed E-state index contributed by atoms with van der Waals surface area (Å²) in [5, 5.41) is 3.39. The van der Waals surface area contributed by atoms with Crippen LogP contribution >= 0.6 is 11.3 Å². The number of fused-ring (bicyclic) bond motifs is 1. The van der Waals surface area contributed by atoms with E-state index in [-0.39, 0.29) is 11.7 Å². The molecular weight excluding hydrogens is 391 g/mol. The summed E-state index contributed by atoms with van der Waals surface area (Å²) in [5.41, 5.74) is 2.44. The summed E-state index contributed by atoms with van der Waals surface area (Å²) in [7, 11) is 1.65. The van der Waals surface area contributed by atoms with Crippen molar-refractivity contribution in [1.29, 1.82) is 0 Å². The predicted octanol–water partition coefficient (Wildman–Crippen LogP) is 4.19. The van der Waals surface area contributed by atoms with E-state index >= 15 is 0 Å². The standard InChI is InChI=1S/C21H25FN4O2S/c1-14-18(20(27)25-11-4-3-5-12-25)29-21-24-17(15-6-8-16(22)9-7-15)19(26(14)21)23-10-13-28-2/h6-9,23H,3-5,10-13H2,1-2H3. The Hall–Kier alpha value is -2.45. The van der Waals surface area contributed by atoms with Crippen molar-refractivity contribution in [2.45, 2.75) is 26.2 Å². The number of halogens is 1. The van der Waals surface area contributed by atoms with Crippen LogP contribution in [0.25, 0.3) is 16.2 Å². The minimum absolute atomic E-state index is 0.0869. The van der Waals surface area contributed by atoms with Gasteiger partial charge in [-0.2, -0.15) is 0 Å². The number of likely N-dealkylation sites (tertiary alicyclic amines) is 1. The second-order valence-corrected chi connectivity index (χ2v) is 8.20. The third kappa shape index (κ3) is 3.86. The van der Waals surface area contributed by atoms with Crippen LogP contribution in [0.4, 0.5) is 10.2 Å². The first-order valence-corrected chi connectivity index (χ1v) is 10.7. The molecule has 0 aliphatic carbocycles. The Bertz CT molecular complexity index is 1010. The third-order valence-corrected chi connectivity index (χ3v) is 6.39. The molecule has 0 atom stereocenters. The fraction of sp³-hybridized carbons (Fsp3) is 0.429. The van der Waals surface area contributed by atoms with Gasteiger partial charge in [0.15, 0.2) is 4.96 Å². The number of thiazole rings is 1. The van der Waals surface area contributed by atoms with Crippen LogP contribution in [-0.4, -0.2) is 53.5 Å². The van der Waals surface area contributed by atoms with E-state index in [0.29, 0.717) is 13.2 Å². The van der Waals surface area contributed by atoms with E-state index in [1.54, 1.807) is 19.2 Å². The van der Waals surface area contributed by atoms with Crippen molar-refractivity contribution in [3.8, 4) is 11.3 Å². The van der Waals surface area contributed by atoms with Crippen LogP contribution in [0.5, 0.6) is 0 Å². The van der Waals surface area contributed by atoms with Gasteiger partial charge in [0.1, 0.15) is 22.2 Å². The number of carbonyl (C=O) groups is 1. The van der Waals surface area contributed by atoms with E-state index < -0.39 is 0 Å². The van der Waals surface area contributed by atoms with Gasteiger partial charge in [-0.05, 0) is 50.5 Å². The molecule has 0 saturated carbocycles. The highest BCUT2D eigenvalue weighted by molar-refractivity contribution is 7.19. The predicted molar refractivity (Wildman–Crippen MR) is 113 cm³/mol. The fourth-order valence-electron chi connectivity index (χ4n) is 3.73. The molecule has 1 aliphatic heterocycles. The van der Waals surface area contributed by atoms with Crippen molar-refractivity contribution in [1.82, 2.24) is 14.3 Å². The van der Waals surface area contributed by atoms with Crippen LogP contribution in [0.3, 0.4) is 0 Å². The first-order chi connectivity index (χ1) is 14.1. The van der Waals surface area contributed by atoms with Gasteiger partial charge in [-0.25, -0.2) is 9.37 Å². The highest BCUT2D eigenvalue weighted by Crippen LogP contribution is 2.35. The summed E-state index contributed by atoms with van der Waals surface area (Å²) in [6.07, 6.45) is 3.31. The number of carbonyl (C=O) groups excluding carboxylic acids is 1. The van der Waals surface area contributed by atoms with Crippen LogP contribution in [0, 0.1) is 12.7 Å². The highest BCUT2D eigenvalue weighted by atomic mass is 32.1. The summed E-state index contributed by atoms with van der Waals surface area (Å²) in [5.74, 6) is 0.605. The molecule has 1 aromatic carbocycles. The molecule has 1 N–H and O–H groups in total. The van der Waals surface area contributed by atoms with E-state index in [0.717, 1.165) is 58.5 Å². The number of aromatic nitrogens is 2. The zero-order valence-corrected chi connectivity index (χ0v) is 17.5. The Morgan fingerprint density at radius 2 is 1.97 bits per heavy atom. The van der Waals surface area contributed by atoms with Crippen LogP contribution in [0.15, 0.2) is 24.3 Å². The number of benzene rings is 1. The van der Waals surface area contributed by atoms with Gasteiger partial charge in [0.2, 0.25) is 0 Å². The van der Waals surface area contributed by atoms with Crippen LogP contribution in [0.1, 0.15) is 34.6 Å². The summed E-state index contributed by atoms with van der Waals surface area (Å²) in [4.78, 5) is 21.3.